The first-order valence-corrected chi connectivity index (χ1v) is 14.0. The number of benzene rings is 3. The molecule has 0 aromatic heterocycles. The number of carbonyl (C=O) groups is 2. The Balaban J connectivity index is 1.37. The van der Waals surface area contributed by atoms with Crippen LogP contribution in [-0.2, 0) is 26.0 Å². The van der Waals surface area contributed by atoms with Crippen LogP contribution in [0, 0.1) is 5.92 Å². The summed E-state index contributed by atoms with van der Waals surface area (Å²) in [6.45, 7) is 2.89. The molecule has 0 spiro atoms. The zero-order valence-corrected chi connectivity index (χ0v) is 21.7. The molecule has 37 heavy (non-hydrogen) atoms. The van der Waals surface area contributed by atoms with Crippen LogP contribution in [0.5, 0.6) is 0 Å². The lowest BCUT2D eigenvalue weighted by atomic mass is 9.90. The standard InChI is InChI=1S/C29H33N3O4S/c1-21(33)16-22-12-14-27(15-13-22)37(35,36)32-26-17-25(18-30-19-26)29(34)31-20-28(23-8-4-2-5-9-23)24-10-6-3-7-11-24/h2-15,25-26,28,30,32H,16-20H2,1H3,(H,31,34). The number of rotatable bonds is 10. The topological polar surface area (TPSA) is 104 Å². The van der Waals surface area contributed by atoms with Crippen molar-refractivity contribution in [3.8, 4) is 0 Å². The number of sulfonamides is 1. The Hall–Kier alpha value is -3.33. The number of piperidine rings is 1. The van der Waals surface area contributed by atoms with E-state index in [9.17, 15) is 18.0 Å². The summed E-state index contributed by atoms with van der Waals surface area (Å²) in [4.78, 5) is 24.6. The van der Waals surface area contributed by atoms with Crippen molar-refractivity contribution in [1.82, 2.24) is 15.4 Å². The Kier molecular flexibility index (Phi) is 8.87. The van der Waals surface area contributed by atoms with Crippen LogP contribution in [0.1, 0.15) is 36.0 Å². The van der Waals surface area contributed by atoms with E-state index < -0.39 is 16.1 Å². The van der Waals surface area contributed by atoms with Gasteiger partial charge >= 0.3 is 0 Å². The van der Waals surface area contributed by atoms with E-state index in [2.05, 4.69) is 39.6 Å². The maximum atomic E-state index is 13.1. The molecule has 1 aliphatic rings. The van der Waals surface area contributed by atoms with Crippen molar-refractivity contribution >= 4 is 21.7 Å². The van der Waals surface area contributed by atoms with Gasteiger partial charge < -0.3 is 10.6 Å². The van der Waals surface area contributed by atoms with E-state index in [1.165, 1.54) is 19.1 Å². The van der Waals surface area contributed by atoms with Crippen LogP contribution in [0.15, 0.2) is 89.8 Å². The highest BCUT2D eigenvalue weighted by Gasteiger charge is 2.30. The number of Topliss-reactive ketones (excluding diaryl/α,β-unsaturated/α-hetero) is 1. The average Bonchev–Trinajstić information content (AvgIpc) is 2.90. The number of ketones is 1. The fourth-order valence-electron chi connectivity index (χ4n) is 4.74. The Labute approximate surface area is 218 Å². The molecule has 2 atom stereocenters. The minimum atomic E-state index is -3.76. The normalized spacial score (nSPS) is 17.9. The van der Waals surface area contributed by atoms with E-state index >= 15 is 0 Å². The maximum absolute atomic E-state index is 13.1. The highest BCUT2D eigenvalue weighted by atomic mass is 32.2. The number of carbonyl (C=O) groups excluding carboxylic acids is 2. The van der Waals surface area contributed by atoms with Crippen LogP contribution in [0.3, 0.4) is 0 Å². The zero-order valence-electron chi connectivity index (χ0n) is 20.9. The van der Waals surface area contributed by atoms with E-state index in [1.807, 2.05) is 36.4 Å². The van der Waals surface area contributed by atoms with Crippen LogP contribution >= 0.6 is 0 Å². The van der Waals surface area contributed by atoms with Gasteiger partial charge in [0.25, 0.3) is 0 Å². The summed E-state index contributed by atoms with van der Waals surface area (Å²) in [5, 5.41) is 6.30. The fraction of sp³-hybridized carbons (Fsp3) is 0.310. The van der Waals surface area contributed by atoms with Crippen molar-refractivity contribution in [2.24, 2.45) is 5.92 Å². The Morgan fingerprint density at radius 1 is 0.892 bits per heavy atom. The molecule has 0 saturated carbocycles. The van der Waals surface area contributed by atoms with Crippen LogP contribution in [0.25, 0.3) is 0 Å². The van der Waals surface area contributed by atoms with E-state index in [0.717, 1.165) is 16.7 Å². The molecule has 1 heterocycles. The van der Waals surface area contributed by atoms with Crippen molar-refractivity contribution in [3.05, 3.63) is 102 Å². The van der Waals surface area contributed by atoms with Crippen molar-refractivity contribution < 1.29 is 18.0 Å². The molecule has 0 radical (unpaired) electrons. The highest BCUT2D eigenvalue weighted by molar-refractivity contribution is 7.89. The Morgan fingerprint density at radius 2 is 1.49 bits per heavy atom. The minimum Gasteiger partial charge on any atom is -0.355 e. The van der Waals surface area contributed by atoms with E-state index in [0.29, 0.717) is 26.1 Å². The molecule has 0 aliphatic carbocycles. The maximum Gasteiger partial charge on any atom is 0.240 e. The van der Waals surface area contributed by atoms with Gasteiger partial charge in [-0.15, -0.1) is 0 Å². The third-order valence-electron chi connectivity index (χ3n) is 6.61. The lowest BCUT2D eigenvalue weighted by Gasteiger charge is -2.30. The first-order valence-electron chi connectivity index (χ1n) is 12.5. The van der Waals surface area contributed by atoms with Gasteiger partial charge in [0.15, 0.2) is 0 Å². The third kappa shape index (κ3) is 7.35. The molecule has 3 N–H and O–H groups in total. The molecule has 1 fully saturated rings. The number of amides is 1. The van der Waals surface area contributed by atoms with E-state index in [1.54, 1.807) is 12.1 Å². The minimum absolute atomic E-state index is 0.0168. The summed E-state index contributed by atoms with van der Waals surface area (Å²) in [5.74, 6) is -0.415. The average molecular weight is 520 g/mol. The number of hydrogen-bond acceptors (Lipinski definition) is 5. The molecular formula is C29H33N3O4S. The van der Waals surface area contributed by atoms with Gasteiger partial charge in [0, 0.05) is 38.0 Å². The largest absolute Gasteiger partial charge is 0.355 e. The van der Waals surface area contributed by atoms with Gasteiger partial charge in [-0.25, -0.2) is 13.1 Å². The first-order chi connectivity index (χ1) is 17.8. The second kappa shape index (κ2) is 12.3. The van der Waals surface area contributed by atoms with Crippen LogP contribution in [0.2, 0.25) is 0 Å². The summed E-state index contributed by atoms with van der Waals surface area (Å²) in [5.41, 5.74) is 3.01. The van der Waals surface area contributed by atoms with Crippen LogP contribution < -0.4 is 15.4 Å². The van der Waals surface area contributed by atoms with Gasteiger partial charge in [0.2, 0.25) is 15.9 Å². The van der Waals surface area contributed by atoms with Crippen molar-refractivity contribution in [2.75, 3.05) is 19.6 Å². The summed E-state index contributed by atoms with van der Waals surface area (Å²) in [7, 11) is -3.76. The summed E-state index contributed by atoms with van der Waals surface area (Å²) >= 11 is 0. The number of nitrogens with one attached hydrogen (secondary N) is 3. The van der Waals surface area contributed by atoms with Gasteiger partial charge in [0.1, 0.15) is 5.78 Å². The molecule has 4 rings (SSSR count). The Morgan fingerprint density at radius 3 is 2.05 bits per heavy atom. The zero-order chi connectivity index (χ0) is 26.3. The summed E-state index contributed by atoms with van der Waals surface area (Å²) < 4.78 is 28.6. The van der Waals surface area contributed by atoms with Gasteiger partial charge in [-0.05, 0) is 42.2 Å². The monoisotopic (exact) mass is 519 g/mol. The van der Waals surface area contributed by atoms with Crippen molar-refractivity contribution in [2.45, 2.75) is 36.6 Å². The molecule has 1 amide bonds. The van der Waals surface area contributed by atoms with E-state index in [-0.39, 0.29) is 34.8 Å². The highest BCUT2D eigenvalue weighted by Crippen LogP contribution is 2.24. The molecule has 2 unspecified atom stereocenters. The molecule has 8 heteroatoms. The van der Waals surface area contributed by atoms with Crippen molar-refractivity contribution in [1.29, 1.82) is 0 Å². The molecular weight excluding hydrogens is 486 g/mol. The molecule has 194 valence electrons. The predicted molar refractivity (Wildman–Crippen MR) is 144 cm³/mol. The second-order valence-electron chi connectivity index (χ2n) is 9.55. The summed E-state index contributed by atoms with van der Waals surface area (Å²) in [6.07, 6.45) is 0.675. The van der Waals surface area contributed by atoms with Gasteiger partial charge in [0.05, 0.1) is 10.8 Å². The molecule has 7 nitrogen and oxygen atoms in total. The molecule has 1 aliphatic heterocycles. The van der Waals surface area contributed by atoms with Gasteiger partial charge in [-0.3, -0.25) is 9.59 Å². The smallest absolute Gasteiger partial charge is 0.240 e. The van der Waals surface area contributed by atoms with E-state index in [4.69, 9.17) is 0 Å². The second-order valence-corrected chi connectivity index (χ2v) is 11.3. The molecule has 1 saturated heterocycles. The number of hydrogen-bond donors (Lipinski definition) is 3. The first kappa shape index (κ1) is 26.7. The predicted octanol–water partition coefficient (Wildman–Crippen LogP) is 3.02. The Bertz CT molecular complexity index is 1260. The SMILES string of the molecule is CC(=O)Cc1ccc(S(=O)(=O)NC2CNCC(C(=O)NCC(c3ccccc3)c3ccccc3)C2)cc1. The summed E-state index contributed by atoms with van der Waals surface area (Å²) in [6, 6.07) is 26.1. The fourth-order valence-corrected chi connectivity index (χ4v) is 5.99. The molecule has 3 aromatic rings. The van der Waals surface area contributed by atoms with Crippen LogP contribution in [0.4, 0.5) is 0 Å². The lowest BCUT2D eigenvalue weighted by molar-refractivity contribution is -0.125. The molecule has 3 aromatic carbocycles. The van der Waals surface area contributed by atoms with Crippen molar-refractivity contribution in [3.63, 3.8) is 0 Å². The van der Waals surface area contributed by atoms with Crippen LogP contribution in [-0.4, -0.2) is 45.8 Å². The van der Waals surface area contributed by atoms with Gasteiger partial charge in [-0.2, -0.15) is 0 Å². The third-order valence-corrected chi connectivity index (χ3v) is 8.15. The lowest BCUT2D eigenvalue weighted by Crippen LogP contribution is -2.52. The van der Waals surface area contributed by atoms with Gasteiger partial charge in [-0.1, -0.05) is 72.8 Å². The quantitative estimate of drug-likeness (QED) is 0.382. The molecule has 0 bridgehead atoms.